The SMILES string of the molecule is C1=CCCC(C2=CC(CC3N=C(C4=CCCC=C4)N=C(c4ccccc4)N3)=C(c3cccc4sc5c6c(ccc5c34)C3=CCCCC3N6C3C=CC=CC3)CC2)=C1. The Labute approximate surface area is 340 Å². The van der Waals surface area contributed by atoms with Gasteiger partial charge in [-0.05, 0) is 104 Å². The summed E-state index contributed by atoms with van der Waals surface area (Å²) in [5, 5.41) is 6.62. The third-order valence-electron chi connectivity index (χ3n) is 12.9. The molecule has 57 heavy (non-hydrogen) atoms. The lowest BCUT2D eigenvalue weighted by Crippen LogP contribution is -2.40. The Morgan fingerprint density at radius 2 is 1.77 bits per heavy atom. The molecule has 5 aliphatic carbocycles. The van der Waals surface area contributed by atoms with Gasteiger partial charge in [0.15, 0.2) is 5.84 Å². The van der Waals surface area contributed by atoms with E-state index in [0.29, 0.717) is 12.1 Å². The average Bonchev–Trinajstić information content (AvgIpc) is 3.84. The van der Waals surface area contributed by atoms with Gasteiger partial charge in [0.25, 0.3) is 0 Å². The molecule has 3 unspecified atom stereocenters. The number of nitrogens with zero attached hydrogens (tertiary/aromatic N) is 3. The van der Waals surface area contributed by atoms with Gasteiger partial charge in [-0.15, -0.1) is 11.3 Å². The number of anilines is 1. The van der Waals surface area contributed by atoms with Gasteiger partial charge in [-0.1, -0.05) is 128 Å². The monoisotopic (exact) mass is 760 g/mol. The Bertz CT molecular complexity index is 2650. The number of thiophene rings is 1. The first kappa shape index (κ1) is 34.7. The van der Waals surface area contributed by atoms with Gasteiger partial charge in [0.1, 0.15) is 12.0 Å². The van der Waals surface area contributed by atoms with Crippen molar-refractivity contribution in [2.24, 2.45) is 9.98 Å². The van der Waals surface area contributed by atoms with Crippen molar-refractivity contribution in [1.29, 1.82) is 0 Å². The van der Waals surface area contributed by atoms with Crippen LogP contribution >= 0.6 is 11.3 Å². The van der Waals surface area contributed by atoms with Crippen LogP contribution in [0.2, 0.25) is 0 Å². The van der Waals surface area contributed by atoms with Crippen LogP contribution in [0, 0.1) is 0 Å². The molecule has 0 bridgehead atoms. The molecular weight excluding hydrogens is 713 g/mol. The number of hydrogen-bond acceptors (Lipinski definition) is 5. The van der Waals surface area contributed by atoms with E-state index in [0.717, 1.165) is 74.2 Å². The van der Waals surface area contributed by atoms with E-state index < -0.39 is 0 Å². The van der Waals surface area contributed by atoms with Crippen LogP contribution in [0.5, 0.6) is 0 Å². The predicted molar refractivity (Wildman–Crippen MR) is 243 cm³/mol. The van der Waals surface area contributed by atoms with Crippen LogP contribution in [-0.2, 0) is 0 Å². The fourth-order valence-electron chi connectivity index (χ4n) is 10.3. The molecule has 4 nitrogen and oxygen atoms in total. The van der Waals surface area contributed by atoms with Crippen LogP contribution in [0.3, 0.4) is 0 Å². The van der Waals surface area contributed by atoms with E-state index in [2.05, 4.69) is 144 Å². The molecule has 0 saturated heterocycles. The zero-order chi connectivity index (χ0) is 37.7. The minimum Gasteiger partial charge on any atom is -0.356 e. The van der Waals surface area contributed by atoms with Crippen molar-refractivity contribution in [2.75, 3.05) is 4.90 Å². The Balaban J connectivity index is 1.06. The van der Waals surface area contributed by atoms with Crippen molar-refractivity contribution in [3.05, 3.63) is 173 Å². The van der Waals surface area contributed by atoms with E-state index in [1.54, 1.807) is 5.57 Å². The number of aliphatic imine (C=N–C) groups is 2. The highest BCUT2D eigenvalue weighted by Gasteiger charge is 2.40. The first-order valence-electron chi connectivity index (χ1n) is 21.2. The zero-order valence-corrected chi connectivity index (χ0v) is 33.3. The van der Waals surface area contributed by atoms with Crippen molar-refractivity contribution in [1.82, 2.24) is 5.32 Å². The minimum atomic E-state index is -0.144. The predicted octanol–water partition coefficient (Wildman–Crippen LogP) is 12.9. The quantitative estimate of drug-likeness (QED) is 0.204. The Morgan fingerprint density at radius 1 is 0.807 bits per heavy atom. The molecule has 0 amide bonds. The van der Waals surface area contributed by atoms with Gasteiger partial charge in [0.05, 0.1) is 22.5 Å². The summed E-state index contributed by atoms with van der Waals surface area (Å²) < 4.78 is 2.83. The van der Waals surface area contributed by atoms with Crippen LogP contribution in [0.15, 0.2) is 166 Å². The van der Waals surface area contributed by atoms with E-state index >= 15 is 0 Å². The maximum atomic E-state index is 5.36. The lowest BCUT2D eigenvalue weighted by molar-refractivity contribution is 0.577. The molecule has 0 radical (unpaired) electrons. The standard InChI is InChI=1S/C52H48N4S/c1-5-16-34(17-6-1)37-28-29-40(38(32-37)33-47-53-51(35-18-7-2-8-19-35)55-52(54-47)36-20-9-3-10-21-36)42-25-15-27-46-48(42)44-31-30-43-41-24-13-14-26-45(41)56(49(43)50(44)57-46)39-22-11-4-12-23-39/h1-2,4-5,7-9,11-12,15-16,18-22,24-25,27,30-32,39,45,47H,3,6,10,13-14,17,23,26,28-29,33H2,(H,53,54,55). The normalized spacial score (nSPS) is 24.1. The van der Waals surface area contributed by atoms with E-state index in [1.165, 1.54) is 78.5 Å². The summed E-state index contributed by atoms with van der Waals surface area (Å²) in [7, 11) is 0. The van der Waals surface area contributed by atoms with Gasteiger partial charge in [-0.2, -0.15) is 0 Å². The summed E-state index contributed by atoms with van der Waals surface area (Å²) in [4.78, 5) is 13.3. The highest BCUT2D eigenvalue weighted by molar-refractivity contribution is 7.26. The molecule has 2 aliphatic heterocycles. The highest BCUT2D eigenvalue weighted by atomic mass is 32.1. The lowest BCUT2D eigenvalue weighted by atomic mass is 9.81. The van der Waals surface area contributed by atoms with Gasteiger partial charge in [-0.3, -0.25) is 0 Å². The molecule has 0 fully saturated rings. The third kappa shape index (κ3) is 6.28. The lowest BCUT2D eigenvalue weighted by Gasteiger charge is -2.36. The molecule has 3 atom stereocenters. The fraction of sp³-hybridized carbons (Fsp3) is 0.269. The molecular formula is C52H48N4S. The number of fused-ring (bicyclic) bond motifs is 7. The topological polar surface area (TPSA) is 40.0 Å². The van der Waals surface area contributed by atoms with Gasteiger partial charge >= 0.3 is 0 Å². The number of benzene rings is 3. The van der Waals surface area contributed by atoms with Crippen molar-refractivity contribution < 1.29 is 0 Å². The molecule has 3 heterocycles. The van der Waals surface area contributed by atoms with Gasteiger partial charge in [0, 0.05) is 38.6 Å². The second kappa shape index (κ2) is 14.8. The van der Waals surface area contributed by atoms with Crippen molar-refractivity contribution in [3.8, 4) is 0 Å². The van der Waals surface area contributed by atoms with Crippen LogP contribution in [0.1, 0.15) is 87.3 Å². The van der Waals surface area contributed by atoms with Crippen molar-refractivity contribution in [2.45, 2.75) is 88.9 Å². The molecule has 11 rings (SSSR count). The summed E-state index contributed by atoms with van der Waals surface area (Å²) in [5.41, 5.74) is 13.9. The summed E-state index contributed by atoms with van der Waals surface area (Å²) >= 11 is 2.00. The van der Waals surface area contributed by atoms with Crippen LogP contribution in [-0.4, -0.2) is 29.9 Å². The molecule has 1 N–H and O–H groups in total. The second-order valence-corrected chi connectivity index (χ2v) is 17.4. The zero-order valence-electron chi connectivity index (χ0n) is 32.5. The first-order chi connectivity index (χ1) is 28.3. The molecule has 4 aromatic rings. The number of amidine groups is 2. The molecule has 282 valence electrons. The maximum Gasteiger partial charge on any atom is 0.158 e. The van der Waals surface area contributed by atoms with Crippen LogP contribution < -0.4 is 10.2 Å². The van der Waals surface area contributed by atoms with Crippen LogP contribution in [0.25, 0.3) is 31.3 Å². The smallest absolute Gasteiger partial charge is 0.158 e. The number of nitrogens with one attached hydrogen (secondary N) is 1. The molecule has 1 aromatic heterocycles. The first-order valence-corrected chi connectivity index (χ1v) is 22.0. The molecule has 0 spiro atoms. The molecule has 5 heteroatoms. The number of rotatable bonds is 7. The van der Waals surface area contributed by atoms with E-state index in [1.807, 2.05) is 11.3 Å². The second-order valence-electron chi connectivity index (χ2n) is 16.4. The van der Waals surface area contributed by atoms with Crippen LogP contribution in [0.4, 0.5) is 5.69 Å². The van der Waals surface area contributed by atoms with Gasteiger partial charge in [-0.25, -0.2) is 9.98 Å². The molecule has 0 saturated carbocycles. The largest absolute Gasteiger partial charge is 0.356 e. The fourth-order valence-corrected chi connectivity index (χ4v) is 11.5. The molecule has 3 aromatic carbocycles. The summed E-state index contributed by atoms with van der Waals surface area (Å²) in [6.45, 7) is 0. The molecule has 7 aliphatic rings. The van der Waals surface area contributed by atoms with Gasteiger partial charge in [0.2, 0.25) is 0 Å². The van der Waals surface area contributed by atoms with E-state index in [4.69, 9.17) is 9.98 Å². The van der Waals surface area contributed by atoms with Gasteiger partial charge < -0.3 is 10.2 Å². The van der Waals surface area contributed by atoms with Crippen molar-refractivity contribution in [3.63, 3.8) is 0 Å². The third-order valence-corrected chi connectivity index (χ3v) is 14.1. The number of hydrogen-bond donors (Lipinski definition) is 1. The summed E-state index contributed by atoms with van der Waals surface area (Å²) in [6, 6.07) is 23.4. The summed E-state index contributed by atoms with van der Waals surface area (Å²) in [6.07, 6.45) is 39.7. The highest BCUT2D eigenvalue weighted by Crippen LogP contribution is 2.54. The Kier molecular flexibility index (Phi) is 8.99. The number of allylic oxidation sites excluding steroid dienone is 12. The Hall–Kier alpha value is -5.52. The maximum absolute atomic E-state index is 5.36. The summed E-state index contributed by atoms with van der Waals surface area (Å²) in [5.74, 6) is 1.73. The Morgan fingerprint density at radius 3 is 2.63 bits per heavy atom. The van der Waals surface area contributed by atoms with E-state index in [9.17, 15) is 0 Å². The average molecular weight is 761 g/mol. The van der Waals surface area contributed by atoms with E-state index in [-0.39, 0.29) is 6.17 Å². The van der Waals surface area contributed by atoms with Crippen molar-refractivity contribution >= 4 is 60.0 Å². The minimum absolute atomic E-state index is 0.144.